The first-order valence-electron chi connectivity index (χ1n) is 12.8. The average Bonchev–Trinajstić information content (AvgIpc) is 2.73. The molecule has 0 radical (unpaired) electrons. The fraction of sp³-hybridized carbons (Fsp3) is 0.679. The van der Waals surface area contributed by atoms with Crippen molar-refractivity contribution in [3.05, 3.63) is 34.9 Å². The summed E-state index contributed by atoms with van der Waals surface area (Å²) >= 11 is 0. The molecule has 4 atom stereocenters. The Morgan fingerprint density at radius 3 is 1.91 bits per heavy atom. The molecule has 0 aliphatic heterocycles. The van der Waals surface area contributed by atoms with Crippen molar-refractivity contribution < 1.29 is 19.1 Å². The van der Waals surface area contributed by atoms with Gasteiger partial charge in [-0.05, 0) is 84.4 Å². The molecule has 1 rings (SSSR count). The minimum atomic E-state index is -0.831. The van der Waals surface area contributed by atoms with E-state index in [0.29, 0.717) is 12.8 Å². The fourth-order valence-corrected chi connectivity index (χ4v) is 4.09. The van der Waals surface area contributed by atoms with Gasteiger partial charge in [-0.25, -0.2) is 4.79 Å². The summed E-state index contributed by atoms with van der Waals surface area (Å²) in [6, 6.07) is 3.89. The van der Waals surface area contributed by atoms with E-state index in [2.05, 4.69) is 10.6 Å². The van der Waals surface area contributed by atoms with E-state index in [1.165, 1.54) is 0 Å². The molecule has 0 heterocycles. The summed E-state index contributed by atoms with van der Waals surface area (Å²) in [7, 11) is 0. The van der Waals surface area contributed by atoms with Crippen molar-refractivity contribution in [1.82, 2.24) is 15.5 Å². The number of rotatable bonds is 10. The Bertz CT molecular complexity index is 855. The quantitative estimate of drug-likeness (QED) is 0.458. The second kappa shape index (κ2) is 12.9. The molecule has 0 saturated heterocycles. The first-order valence-corrected chi connectivity index (χ1v) is 12.8. The van der Waals surface area contributed by atoms with Crippen molar-refractivity contribution in [1.29, 1.82) is 0 Å². The third kappa shape index (κ3) is 8.55. The highest BCUT2D eigenvalue weighted by molar-refractivity contribution is 5.93. The van der Waals surface area contributed by atoms with Crippen molar-refractivity contribution in [2.24, 2.45) is 5.92 Å². The molecule has 0 spiro atoms. The Balaban J connectivity index is 3.66. The molecule has 0 bridgehead atoms. The largest absolute Gasteiger partial charge is 0.444 e. The molecule has 7 nitrogen and oxygen atoms in total. The van der Waals surface area contributed by atoms with Crippen LogP contribution in [-0.2, 0) is 14.3 Å². The molecule has 198 valence electrons. The second-order valence-electron chi connectivity index (χ2n) is 10.9. The zero-order valence-corrected chi connectivity index (χ0v) is 23.6. The van der Waals surface area contributed by atoms with Gasteiger partial charge in [-0.3, -0.25) is 9.59 Å². The van der Waals surface area contributed by atoms with E-state index in [1.54, 1.807) is 25.7 Å². The highest BCUT2D eigenvalue weighted by atomic mass is 16.6. The van der Waals surface area contributed by atoms with Crippen LogP contribution in [0.2, 0.25) is 0 Å². The molecular weight excluding hydrogens is 442 g/mol. The Labute approximate surface area is 212 Å². The van der Waals surface area contributed by atoms with Crippen LogP contribution in [-0.4, -0.2) is 46.5 Å². The summed E-state index contributed by atoms with van der Waals surface area (Å²) in [5.74, 6) is -0.675. The molecule has 4 unspecified atom stereocenters. The maximum Gasteiger partial charge on any atom is 0.408 e. The zero-order valence-electron chi connectivity index (χ0n) is 23.6. The van der Waals surface area contributed by atoms with Gasteiger partial charge in [-0.2, -0.15) is 0 Å². The summed E-state index contributed by atoms with van der Waals surface area (Å²) in [6.07, 6.45) is 0.685. The molecule has 7 heteroatoms. The average molecular weight is 490 g/mol. The fourth-order valence-electron chi connectivity index (χ4n) is 4.09. The Kier molecular flexibility index (Phi) is 11.3. The van der Waals surface area contributed by atoms with E-state index < -0.39 is 23.8 Å². The number of nitrogens with zero attached hydrogens (tertiary/aromatic N) is 1. The lowest BCUT2D eigenvalue weighted by Gasteiger charge is -2.40. The van der Waals surface area contributed by atoms with E-state index in [0.717, 1.165) is 16.7 Å². The van der Waals surface area contributed by atoms with Crippen molar-refractivity contribution in [2.45, 2.75) is 119 Å². The van der Waals surface area contributed by atoms with Crippen LogP contribution in [0.5, 0.6) is 0 Å². The number of alkyl carbamates (subject to hydrolysis) is 1. The van der Waals surface area contributed by atoms with Gasteiger partial charge >= 0.3 is 6.09 Å². The van der Waals surface area contributed by atoms with E-state index >= 15 is 0 Å². The molecule has 2 N–H and O–H groups in total. The van der Waals surface area contributed by atoms with Gasteiger partial charge in [0.25, 0.3) is 0 Å². The van der Waals surface area contributed by atoms with Crippen molar-refractivity contribution >= 4 is 17.9 Å². The molecule has 35 heavy (non-hydrogen) atoms. The summed E-state index contributed by atoms with van der Waals surface area (Å²) < 4.78 is 5.46. The van der Waals surface area contributed by atoms with E-state index in [9.17, 15) is 14.4 Å². The molecular formula is C28H47N3O4. The summed E-state index contributed by atoms with van der Waals surface area (Å²) in [5, 5.41) is 5.83. The monoisotopic (exact) mass is 489 g/mol. The lowest BCUT2D eigenvalue weighted by Crippen LogP contribution is -2.57. The number of nitrogens with one attached hydrogen (secondary N) is 2. The van der Waals surface area contributed by atoms with Gasteiger partial charge < -0.3 is 20.3 Å². The smallest absolute Gasteiger partial charge is 0.408 e. The van der Waals surface area contributed by atoms with Crippen LogP contribution >= 0.6 is 0 Å². The third-order valence-electron chi connectivity index (χ3n) is 6.24. The van der Waals surface area contributed by atoms with Crippen molar-refractivity contribution in [3.63, 3.8) is 0 Å². The van der Waals surface area contributed by atoms with Gasteiger partial charge in [-0.15, -0.1) is 0 Å². The highest BCUT2D eigenvalue weighted by Gasteiger charge is 2.41. The number of amides is 3. The number of benzene rings is 1. The van der Waals surface area contributed by atoms with Gasteiger partial charge in [-0.1, -0.05) is 45.4 Å². The van der Waals surface area contributed by atoms with Gasteiger partial charge in [0.15, 0.2) is 0 Å². The molecule has 0 aliphatic rings. The van der Waals surface area contributed by atoms with Crippen molar-refractivity contribution in [3.8, 4) is 0 Å². The molecule has 0 aliphatic carbocycles. The van der Waals surface area contributed by atoms with Gasteiger partial charge in [0.05, 0.1) is 0 Å². The van der Waals surface area contributed by atoms with E-state index in [4.69, 9.17) is 4.74 Å². The van der Waals surface area contributed by atoms with Crippen molar-refractivity contribution in [2.75, 3.05) is 0 Å². The number of carbonyl (C=O) groups excluding carboxylic acids is 3. The molecule has 0 fully saturated rings. The van der Waals surface area contributed by atoms with Crippen LogP contribution in [0.3, 0.4) is 0 Å². The number of hydrogen-bond acceptors (Lipinski definition) is 4. The van der Waals surface area contributed by atoms with Crippen LogP contribution in [0.25, 0.3) is 0 Å². The van der Waals surface area contributed by atoms with Crippen LogP contribution in [0, 0.1) is 19.8 Å². The number of aryl methyl sites for hydroxylation is 2. The van der Waals surface area contributed by atoms with Crippen LogP contribution < -0.4 is 10.6 Å². The maximum atomic E-state index is 14.2. The van der Waals surface area contributed by atoms with Crippen LogP contribution in [0.1, 0.15) is 97.9 Å². The SMILES string of the molecule is CCC(C)C(NC(=O)OC(C)(C)C)C(=O)N(C(C)CC)C(C(=O)NC(C)C)c1c(C)cccc1C. The topological polar surface area (TPSA) is 87.7 Å². The zero-order chi connectivity index (χ0) is 27.1. The van der Waals surface area contributed by atoms with Crippen LogP contribution in [0.4, 0.5) is 4.79 Å². The standard InChI is InChI=1S/C28H47N3O4/c1-12-18(5)23(30-27(34)35-28(9,10)11)26(33)31(21(8)13-2)24(25(32)29-17(3)4)22-19(6)15-14-16-20(22)7/h14-18,21,23-24H,12-13H2,1-11H3,(H,29,32)(H,30,34). The molecule has 0 saturated carbocycles. The number of ether oxygens (including phenoxy) is 1. The maximum absolute atomic E-state index is 14.2. The minimum absolute atomic E-state index is 0.0894. The second-order valence-corrected chi connectivity index (χ2v) is 10.9. The van der Waals surface area contributed by atoms with E-state index in [-0.39, 0.29) is 29.8 Å². The third-order valence-corrected chi connectivity index (χ3v) is 6.24. The first-order chi connectivity index (χ1) is 16.1. The summed E-state index contributed by atoms with van der Waals surface area (Å²) in [5.41, 5.74) is 2.01. The predicted molar refractivity (Wildman–Crippen MR) is 141 cm³/mol. The Morgan fingerprint density at radius 1 is 0.943 bits per heavy atom. The summed E-state index contributed by atoms with van der Waals surface area (Å²) in [4.78, 5) is 42.3. The molecule has 0 aromatic heterocycles. The molecule has 3 amide bonds. The number of hydrogen-bond donors (Lipinski definition) is 2. The van der Waals surface area contributed by atoms with Gasteiger partial charge in [0.2, 0.25) is 11.8 Å². The van der Waals surface area contributed by atoms with E-state index in [1.807, 2.05) is 73.6 Å². The normalized spacial score (nSPS) is 15.1. The van der Waals surface area contributed by atoms with Gasteiger partial charge in [0, 0.05) is 12.1 Å². The predicted octanol–water partition coefficient (Wildman–Crippen LogP) is 5.44. The van der Waals surface area contributed by atoms with Gasteiger partial charge in [0.1, 0.15) is 17.7 Å². The number of carbonyl (C=O) groups is 3. The Morgan fingerprint density at radius 2 is 1.49 bits per heavy atom. The lowest BCUT2D eigenvalue weighted by molar-refractivity contribution is -0.146. The highest BCUT2D eigenvalue weighted by Crippen LogP contribution is 2.32. The lowest BCUT2D eigenvalue weighted by atomic mass is 9.90. The molecule has 1 aromatic carbocycles. The molecule has 1 aromatic rings. The minimum Gasteiger partial charge on any atom is -0.444 e. The summed E-state index contributed by atoms with van der Waals surface area (Å²) in [6.45, 7) is 20.9. The first kappa shape index (κ1) is 30.5. The van der Waals surface area contributed by atoms with Crippen LogP contribution in [0.15, 0.2) is 18.2 Å². The Hall–Kier alpha value is -2.57.